The van der Waals surface area contributed by atoms with Gasteiger partial charge in [-0.05, 0) is 30.2 Å². The lowest BCUT2D eigenvalue weighted by Gasteiger charge is -2.18. The van der Waals surface area contributed by atoms with Gasteiger partial charge in [-0.15, -0.1) is 0 Å². The zero-order valence-electron chi connectivity index (χ0n) is 15.1. The van der Waals surface area contributed by atoms with Crippen molar-refractivity contribution < 1.29 is 9.32 Å². The van der Waals surface area contributed by atoms with Crippen LogP contribution in [-0.4, -0.2) is 32.5 Å². The molecule has 1 atom stereocenters. The molecule has 0 aliphatic heterocycles. The largest absolute Gasteiger partial charge is 0.344 e. The summed E-state index contributed by atoms with van der Waals surface area (Å²) in [4.78, 5) is 20.7. The number of hydrogen-bond acceptors (Lipinski definition) is 6. The molecule has 1 N–H and O–H groups in total. The van der Waals surface area contributed by atoms with Gasteiger partial charge in [0.25, 0.3) is 0 Å². The molecule has 2 aromatic rings. The van der Waals surface area contributed by atoms with Gasteiger partial charge in [0.15, 0.2) is 0 Å². The van der Waals surface area contributed by atoms with Gasteiger partial charge in [0.2, 0.25) is 17.6 Å². The van der Waals surface area contributed by atoms with Crippen LogP contribution in [0.1, 0.15) is 52.0 Å². The zero-order chi connectivity index (χ0) is 18.1. The van der Waals surface area contributed by atoms with Gasteiger partial charge in [0, 0.05) is 30.1 Å². The van der Waals surface area contributed by atoms with Crippen molar-refractivity contribution in [1.82, 2.24) is 20.4 Å². The van der Waals surface area contributed by atoms with E-state index in [9.17, 15) is 4.79 Å². The fourth-order valence-electron chi connectivity index (χ4n) is 2.25. The maximum atomic E-state index is 12.2. The molecule has 0 saturated carbocycles. The van der Waals surface area contributed by atoms with E-state index in [4.69, 9.17) is 4.52 Å². The Morgan fingerprint density at radius 3 is 2.72 bits per heavy atom. The number of aromatic nitrogens is 3. The minimum Gasteiger partial charge on any atom is -0.344 e. The van der Waals surface area contributed by atoms with E-state index in [0.717, 1.165) is 17.1 Å². The Balaban J connectivity index is 1.94. The molecule has 0 saturated heterocycles. The van der Waals surface area contributed by atoms with Gasteiger partial charge < -0.3 is 9.84 Å². The Morgan fingerprint density at radius 2 is 2.04 bits per heavy atom. The third-order valence-corrected chi connectivity index (χ3v) is 4.82. The van der Waals surface area contributed by atoms with Crippen molar-refractivity contribution >= 4 is 17.7 Å². The summed E-state index contributed by atoms with van der Waals surface area (Å²) in [6.07, 6.45) is 6.25. The van der Waals surface area contributed by atoms with Gasteiger partial charge in [0.05, 0.1) is 0 Å². The van der Waals surface area contributed by atoms with Crippen molar-refractivity contribution in [3.63, 3.8) is 0 Å². The molecular formula is C18H26N4O2S. The first-order valence-corrected chi connectivity index (χ1v) is 9.88. The summed E-state index contributed by atoms with van der Waals surface area (Å²) in [5, 5.41) is 7.05. The number of hydrogen-bond donors (Lipinski definition) is 1. The quantitative estimate of drug-likeness (QED) is 0.646. The van der Waals surface area contributed by atoms with Gasteiger partial charge in [0.1, 0.15) is 6.04 Å². The lowest BCUT2D eigenvalue weighted by atomic mass is 10.0. The van der Waals surface area contributed by atoms with Crippen LogP contribution in [0.25, 0.3) is 11.4 Å². The molecule has 1 amide bonds. The molecule has 25 heavy (non-hydrogen) atoms. The van der Waals surface area contributed by atoms with E-state index in [1.807, 2.05) is 37.7 Å². The SMILES string of the molecule is CCCCSCCC(=O)NC(c1nc(-c2ccncc2)no1)C(C)C. The van der Waals surface area contributed by atoms with Crippen LogP contribution in [0.2, 0.25) is 0 Å². The Bertz CT molecular complexity index is 646. The third-order valence-electron chi connectivity index (χ3n) is 3.75. The molecule has 2 rings (SSSR count). The minimum absolute atomic E-state index is 0.0198. The highest BCUT2D eigenvalue weighted by Gasteiger charge is 2.24. The molecular weight excluding hydrogens is 336 g/mol. The first-order valence-electron chi connectivity index (χ1n) is 8.73. The average molecular weight is 362 g/mol. The molecule has 2 aromatic heterocycles. The van der Waals surface area contributed by atoms with Crippen molar-refractivity contribution in [2.45, 2.75) is 46.1 Å². The minimum atomic E-state index is -0.281. The van der Waals surface area contributed by atoms with Crippen LogP contribution in [0.3, 0.4) is 0 Å². The van der Waals surface area contributed by atoms with E-state index in [1.165, 1.54) is 12.8 Å². The predicted molar refractivity (Wildman–Crippen MR) is 100 cm³/mol. The Morgan fingerprint density at radius 1 is 1.28 bits per heavy atom. The number of carbonyl (C=O) groups is 1. The van der Waals surface area contributed by atoms with Gasteiger partial charge in [-0.25, -0.2) is 0 Å². The van der Waals surface area contributed by atoms with Gasteiger partial charge in [-0.3, -0.25) is 9.78 Å². The molecule has 7 heteroatoms. The van der Waals surface area contributed by atoms with Crippen molar-refractivity contribution in [3.05, 3.63) is 30.4 Å². The van der Waals surface area contributed by atoms with Crippen LogP contribution in [0.15, 0.2) is 29.0 Å². The molecule has 136 valence electrons. The van der Waals surface area contributed by atoms with Gasteiger partial charge in [-0.2, -0.15) is 16.7 Å². The van der Waals surface area contributed by atoms with Gasteiger partial charge >= 0.3 is 0 Å². The molecule has 0 bridgehead atoms. The summed E-state index contributed by atoms with van der Waals surface area (Å²) in [7, 11) is 0. The lowest BCUT2D eigenvalue weighted by Crippen LogP contribution is -2.32. The van der Waals surface area contributed by atoms with Crippen LogP contribution < -0.4 is 5.32 Å². The summed E-state index contributed by atoms with van der Waals surface area (Å²) in [6, 6.07) is 3.37. The number of amides is 1. The number of thioether (sulfide) groups is 1. The molecule has 6 nitrogen and oxygen atoms in total. The number of nitrogens with zero attached hydrogens (tertiary/aromatic N) is 3. The van der Waals surface area contributed by atoms with E-state index in [2.05, 4.69) is 27.4 Å². The third kappa shape index (κ3) is 6.16. The van der Waals surface area contributed by atoms with Crippen molar-refractivity contribution in [3.8, 4) is 11.4 Å². The first kappa shape index (κ1) is 19.4. The molecule has 0 radical (unpaired) electrons. The van der Waals surface area contributed by atoms with Gasteiger partial charge in [-0.1, -0.05) is 32.3 Å². The van der Waals surface area contributed by atoms with Crippen molar-refractivity contribution in [2.75, 3.05) is 11.5 Å². The maximum absolute atomic E-state index is 12.2. The average Bonchev–Trinajstić information content (AvgIpc) is 3.09. The summed E-state index contributed by atoms with van der Waals surface area (Å²) in [6.45, 7) is 6.22. The van der Waals surface area contributed by atoms with E-state index < -0.39 is 0 Å². The second-order valence-corrected chi connectivity index (χ2v) is 7.42. The van der Waals surface area contributed by atoms with Crippen LogP contribution in [0.4, 0.5) is 0 Å². The van der Waals surface area contributed by atoms with Crippen molar-refractivity contribution in [2.24, 2.45) is 5.92 Å². The Hall–Kier alpha value is -1.89. The molecule has 0 aliphatic rings. The van der Waals surface area contributed by atoms with Crippen LogP contribution >= 0.6 is 11.8 Å². The fourth-order valence-corrected chi connectivity index (χ4v) is 3.28. The van der Waals surface area contributed by atoms with Crippen molar-refractivity contribution in [1.29, 1.82) is 0 Å². The number of rotatable bonds is 10. The molecule has 0 aliphatic carbocycles. The smallest absolute Gasteiger partial charge is 0.249 e. The number of carbonyl (C=O) groups excluding carboxylic acids is 1. The summed E-state index contributed by atoms with van der Waals surface area (Å²) in [5.41, 5.74) is 0.839. The van der Waals surface area contributed by atoms with Crippen LogP contribution in [0, 0.1) is 5.92 Å². The second-order valence-electron chi connectivity index (χ2n) is 6.20. The molecule has 0 spiro atoms. The standard InChI is InChI=1S/C18H26N4O2S/c1-4-5-11-25-12-8-15(23)20-16(13(2)3)18-21-17(22-24-18)14-6-9-19-10-7-14/h6-7,9-10,13,16H,4-5,8,11-12H2,1-3H3,(H,20,23). The molecule has 1 unspecified atom stereocenters. The molecule has 2 heterocycles. The van der Waals surface area contributed by atoms with Crippen LogP contribution in [0.5, 0.6) is 0 Å². The summed E-state index contributed by atoms with van der Waals surface area (Å²) in [5.74, 6) is 3.06. The number of nitrogens with one attached hydrogen (secondary N) is 1. The zero-order valence-corrected chi connectivity index (χ0v) is 15.9. The van der Waals surface area contributed by atoms with E-state index >= 15 is 0 Å². The second kappa shape index (κ2) is 10.2. The predicted octanol–water partition coefficient (Wildman–Crippen LogP) is 3.87. The molecule has 0 aromatic carbocycles. The first-order chi connectivity index (χ1) is 12.1. The highest BCUT2D eigenvalue weighted by molar-refractivity contribution is 7.99. The monoisotopic (exact) mass is 362 g/mol. The highest BCUT2D eigenvalue weighted by Crippen LogP contribution is 2.23. The molecule has 0 fully saturated rings. The normalized spacial score (nSPS) is 12.3. The van der Waals surface area contributed by atoms with E-state index in [1.54, 1.807) is 12.4 Å². The Labute approximate surface area is 153 Å². The lowest BCUT2D eigenvalue weighted by molar-refractivity contribution is -0.122. The fraction of sp³-hybridized carbons (Fsp3) is 0.556. The number of pyridine rings is 1. The van der Waals surface area contributed by atoms with E-state index in [0.29, 0.717) is 18.1 Å². The maximum Gasteiger partial charge on any atom is 0.249 e. The summed E-state index contributed by atoms with van der Waals surface area (Å²) >= 11 is 1.82. The Kier molecular flexibility index (Phi) is 7.91. The number of unbranched alkanes of at least 4 members (excludes halogenated alkanes) is 1. The van der Waals surface area contributed by atoms with Crippen LogP contribution in [-0.2, 0) is 4.79 Å². The summed E-state index contributed by atoms with van der Waals surface area (Å²) < 4.78 is 5.40. The topological polar surface area (TPSA) is 80.9 Å². The highest BCUT2D eigenvalue weighted by atomic mass is 32.2. The van der Waals surface area contributed by atoms with E-state index in [-0.39, 0.29) is 17.9 Å².